The van der Waals surface area contributed by atoms with Gasteiger partial charge < -0.3 is 34.3 Å². The van der Waals surface area contributed by atoms with Crippen LogP contribution in [0, 0.1) is 0 Å². The first-order valence-corrected chi connectivity index (χ1v) is 11.4. The lowest BCUT2D eigenvalue weighted by Gasteiger charge is -2.13. The molecule has 0 saturated carbocycles. The van der Waals surface area contributed by atoms with Crippen LogP contribution < -0.4 is 34.3 Å². The number of rotatable bonds is 11. The fraction of sp³-hybridized carbons (Fsp3) is 0.222. The Morgan fingerprint density at radius 1 is 0.757 bits per heavy atom. The van der Waals surface area contributed by atoms with Crippen molar-refractivity contribution < 1.29 is 28.5 Å². The summed E-state index contributed by atoms with van der Waals surface area (Å²) in [7, 11) is 6.28. The van der Waals surface area contributed by atoms with Crippen molar-refractivity contribution in [2.75, 3.05) is 45.7 Å². The van der Waals surface area contributed by atoms with Gasteiger partial charge in [0, 0.05) is 28.9 Å². The molecule has 2 N–H and O–H groups in total. The molecule has 0 aliphatic rings. The Bertz CT molecular complexity index is 1380. The zero-order chi connectivity index (χ0) is 26.2. The zero-order valence-corrected chi connectivity index (χ0v) is 21.0. The Morgan fingerprint density at radius 2 is 1.41 bits per heavy atom. The molecule has 0 radical (unpaired) electrons. The standard InChI is InChI=1S/C27H28N4O6/c1-33-22-10-9-19(13-23(22)34-2)37-12-11-26(32)30-17-5-7-18(8-6-17)31-27-20-14-24(35-3)25(36-4)15-21(20)28-16-29-27/h5-10,13-16H,11-12H2,1-4H3,(H,30,32)(H,28,29,31). The van der Waals surface area contributed by atoms with Gasteiger partial charge in [-0.2, -0.15) is 0 Å². The number of fused-ring (bicyclic) bond motifs is 1. The number of hydrogen-bond donors (Lipinski definition) is 2. The van der Waals surface area contributed by atoms with Crippen LogP contribution in [0.5, 0.6) is 28.7 Å². The van der Waals surface area contributed by atoms with Crippen LogP contribution in [-0.2, 0) is 4.79 Å². The zero-order valence-electron chi connectivity index (χ0n) is 21.0. The van der Waals surface area contributed by atoms with Crippen molar-refractivity contribution in [3.8, 4) is 28.7 Å². The summed E-state index contributed by atoms with van der Waals surface area (Å²) >= 11 is 0. The summed E-state index contributed by atoms with van der Waals surface area (Å²) in [6.07, 6.45) is 1.67. The van der Waals surface area contributed by atoms with Gasteiger partial charge in [-0.05, 0) is 42.5 Å². The number of nitrogens with zero attached hydrogens (tertiary/aromatic N) is 2. The second-order valence-electron chi connectivity index (χ2n) is 7.81. The summed E-state index contributed by atoms with van der Waals surface area (Å²) in [6.45, 7) is 0.218. The Hall–Kier alpha value is -4.73. The number of ether oxygens (including phenoxy) is 5. The Labute approximate surface area is 214 Å². The minimum absolute atomic E-state index is 0.163. The molecule has 0 spiro atoms. The molecule has 10 heteroatoms. The van der Waals surface area contributed by atoms with E-state index >= 15 is 0 Å². The number of carbonyl (C=O) groups excluding carboxylic acids is 1. The summed E-state index contributed by atoms with van der Waals surface area (Å²) in [5, 5.41) is 6.94. The van der Waals surface area contributed by atoms with E-state index < -0.39 is 0 Å². The van der Waals surface area contributed by atoms with Gasteiger partial charge in [0.25, 0.3) is 0 Å². The Balaban J connectivity index is 1.34. The van der Waals surface area contributed by atoms with Gasteiger partial charge in [0.05, 0.1) is 47.0 Å². The highest BCUT2D eigenvalue weighted by Gasteiger charge is 2.12. The van der Waals surface area contributed by atoms with Crippen molar-refractivity contribution in [2.24, 2.45) is 0 Å². The maximum absolute atomic E-state index is 12.4. The van der Waals surface area contributed by atoms with Crippen LogP contribution in [0.4, 0.5) is 17.2 Å². The van der Waals surface area contributed by atoms with Crippen LogP contribution in [0.3, 0.4) is 0 Å². The average Bonchev–Trinajstić information content (AvgIpc) is 2.93. The maximum atomic E-state index is 12.4. The molecule has 1 heterocycles. The van der Waals surface area contributed by atoms with Crippen LogP contribution >= 0.6 is 0 Å². The van der Waals surface area contributed by atoms with E-state index in [0.29, 0.717) is 45.8 Å². The number of amides is 1. The largest absolute Gasteiger partial charge is 0.493 e. The summed E-state index contributed by atoms with van der Waals surface area (Å²) in [5.74, 6) is 3.40. The first kappa shape index (κ1) is 25.4. The van der Waals surface area contributed by atoms with E-state index in [1.165, 1.54) is 6.33 Å². The smallest absolute Gasteiger partial charge is 0.227 e. The molecule has 10 nitrogen and oxygen atoms in total. The van der Waals surface area contributed by atoms with Crippen LogP contribution in [0.2, 0.25) is 0 Å². The molecule has 1 amide bonds. The van der Waals surface area contributed by atoms with E-state index in [1.807, 2.05) is 30.3 Å². The third-order valence-electron chi connectivity index (χ3n) is 5.52. The predicted molar refractivity (Wildman–Crippen MR) is 141 cm³/mol. The number of aromatic nitrogens is 2. The van der Waals surface area contributed by atoms with E-state index in [2.05, 4.69) is 20.6 Å². The van der Waals surface area contributed by atoms with Gasteiger partial charge in [-0.3, -0.25) is 4.79 Å². The van der Waals surface area contributed by atoms with Crippen LogP contribution in [0.15, 0.2) is 60.9 Å². The lowest BCUT2D eigenvalue weighted by atomic mass is 10.2. The summed E-state index contributed by atoms with van der Waals surface area (Å²) in [6, 6.07) is 16.2. The molecule has 37 heavy (non-hydrogen) atoms. The molecule has 4 aromatic rings. The molecule has 0 atom stereocenters. The fourth-order valence-corrected chi connectivity index (χ4v) is 3.65. The minimum atomic E-state index is -0.163. The lowest BCUT2D eigenvalue weighted by Crippen LogP contribution is -2.15. The number of nitrogens with one attached hydrogen (secondary N) is 2. The summed E-state index contributed by atoms with van der Waals surface area (Å²) in [5.41, 5.74) is 2.18. The predicted octanol–water partition coefficient (Wildman–Crippen LogP) is 4.82. The highest BCUT2D eigenvalue weighted by Crippen LogP contribution is 2.34. The van der Waals surface area contributed by atoms with Gasteiger partial charge in [0.1, 0.15) is 17.9 Å². The second-order valence-corrected chi connectivity index (χ2v) is 7.81. The maximum Gasteiger partial charge on any atom is 0.227 e. The highest BCUT2D eigenvalue weighted by atomic mass is 16.5. The van der Waals surface area contributed by atoms with Crippen molar-refractivity contribution in [3.05, 3.63) is 60.9 Å². The first-order valence-electron chi connectivity index (χ1n) is 11.4. The molecule has 1 aromatic heterocycles. The third kappa shape index (κ3) is 6.10. The number of benzene rings is 3. The van der Waals surface area contributed by atoms with Crippen LogP contribution in [0.1, 0.15) is 6.42 Å². The van der Waals surface area contributed by atoms with Gasteiger partial charge in [-0.15, -0.1) is 0 Å². The van der Waals surface area contributed by atoms with Gasteiger partial charge >= 0.3 is 0 Å². The number of anilines is 3. The molecule has 0 aliphatic carbocycles. The molecule has 0 fully saturated rings. The molecule has 0 bridgehead atoms. The van der Waals surface area contributed by atoms with Crippen molar-refractivity contribution in [3.63, 3.8) is 0 Å². The van der Waals surface area contributed by atoms with Crippen molar-refractivity contribution >= 4 is 34.0 Å². The SMILES string of the molecule is COc1ccc(OCCC(=O)Nc2ccc(Nc3ncnc4cc(OC)c(OC)cc34)cc2)cc1OC. The third-order valence-corrected chi connectivity index (χ3v) is 5.52. The molecular weight excluding hydrogens is 476 g/mol. The van der Waals surface area contributed by atoms with Gasteiger partial charge in [-0.1, -0.05) is 0 Å². The van der Waals surface area contributed by atoms with Crippen LogP contribution in [0.25, 0.3) is 10.9 Å². The number of carbonyl (C=O) groups is 1. The molecular formula is C27H28N4O6. The van der Waals surface area contributed by atoms with Crippen LogP contribution in [-0.4, -0.2) is 50.9 Å². The molecule has 3 aromatic carbocycles. The summed E-state index contributed by atoms with van der Waals surface area (Å²) in [4.78, 5) is 21.1. The van der Waals surface area contributed by atoms with Crippen molar-refractivity contribution in [1.29, 1.82) is 0 Å². The van der Waals surface area contributed by atoms with E-state index in [-0.39, 0.29) is 18.9 Å². The molecule has 4 rings (SSSR count). The van der Waals surface area contributed by atoms with E-state index in [1.54, 1.807) is 52.7 Å². The monoisotopic (exact) mass is 504 g/mol. The highest BCUT2D eigenvalue weighted by molar-refractivity contribution is 5.93. The van der Waals surface area contributed by atoms with E-state index in [4.69, 9.17) is 23.7 Å². The normalized spacial score (nSPS) is 10.5. The van der Waals surface area contributed by atoms with Gasteiger partial charge in [0.2, 0.25) is 5.91 Å². The fourth-order valence-electron chi connectivity index (χ4n) is 3.65. The number of hydrogen-bond acceptors (Lipinski definition) is 9. The van der Waals surface area contributed by atoms with E-state index in [9.17, 15) is 4.79 Å². The lowest BCUT2D eigenvalue weighted by molar-refractivity contribution is -0.116. The molecule has 0 aliphatic heterocycles. The molecule has 0 saturated heterocycles. The second kappa shape index (κ2) is 11.8. The molecule has 192 valence electrons. The van der Waals surface area contributed by atoms with Gasteiger partial charge in [-0.25, -0.2) is 9.97 Å². The number of methoxy groups -OCH3 is 4. The topological polar surface area (TPSA) is 113 Å². The minimum Gasteiger partial charge on any atom is -0.493 e. The molecule has 0 unspecified atom stereocenters. The first-order chi connectivity index (χ1) is 18.0. The Kier molecular flexibility index (Phi) is 8.09. The van der Waals surface area contributed by atoms with Crippen molar-refractivity contribution in [1.82, 2.24) is 9.97 Å². The summed E-state index contributed by atoms with van der Waals surface area (Å²) < 4.78 is 26.9. The quantitative estimate of drug-likeness (QED) is 0.297. The van der Waals surface area contributed by atoms with Crippen molar-refractivity contribution in [2.45, 2.75) is 6.42 Å². The average molecular weight is 505 g/mol. The van der Waals surface area contributed by atoms with E-state index in [0.717, 1.165) is 11.1 Å². The Morgan fingerprint density at radius 3 is 2.11 bits per heavy atom. The van der Waals surface area contributed by atoms with Gasteiger partial charge in [0.15, 0.2) is 23.0 Å².